The van der Waals surface area contributed by atoms with Gasteiger partial charge in [-0.2, -0.15) is 0 Å². The first kappa shape index (κ1) is 18.8. The summed E-state index contributed by atoms with van der Waals surface area (Å²) in [5, 5.41) is 10.1. The number of morpholine rings is 1. The Bertz CT molecular complexity index is 551. The molecule has 5 nitrogen and oxygen atoms in total. The first-order valence-electron chi connectivity index (χ1n) is 8.12. The molecule has 1 aromatic carbocycles. The van der Waals surface area contributed by atoms with Crippen LogP contribution in [0.1, 0.15) is 12.0 Å². The number of β-amino-alcohol motifs (C(OH)–C–C–N with tert-alkyl or cyclic N) is 1. The van der Waals surface area contributed by atoms with Gasteiger partial charge in [-0.3, -0.25) is 9.69 Å². The molecule has 134 valence electrons. The fraction of sp³-hybridized carbons (Fsp3) is 0.588. The van der Waals surface area contributed by atoms with Gasteiger partial charge in [0, 0.05) is 39.6 Å². The maximum absolute atomic E-state index is 13.5. The molecule has 0 spiro atoms. The molecule has 1 fully saturated rings. The minimum atomic E-state index is -0.650. The van der Waals surface area contributed by atoms with Crippen LogP contribution in [0.25, 0.3) is 0 Å². The molecule has 0 aliphatic carbocycles. The number of carbonyl (C=O) groups is 1. The Morgan fingerprint density at radius 1 is 1.38 bits per heavy atom. The van der Waals surface area contributed by atoms with Crippen LogP contribution in [-0.4, -0.2) is 73.4 Å². The molecule has 1 amide bonds. The van der Waals surface area contributed by atoms with E-state index >= 15 is 0 Å². The molecule has 1 atom stereocenters. The summed E-state index contributed by atoms with van der Waals surface area (Å²) in [5.74, 6) is -1.24. The third-order valence-corrected chi connectivity index (χ3v) is 4.10. The smallest absolute Gasteiger partial charge is 0.222 e. The van der Waals surface area contributed by atoms with Gasteiger partial charge < -0.3 is 14.7 Å². The molecule has 1 saturated heterocycles. The van der Waals surface area contributed by atoms with Crippen LogP contribution in [0.5, 0.6) is 0 Å². The second-order valence-corrected chi connectivity index (χ2v) is 6.08. The molecule has 1 aliphatic rings. The maximum Gasteiger partial charge on any atom is 0.222 e. The van der Waals surface area contributed by atoms with Crippen molar-refractivity contribution in [3.63, 3.8) is 0 Å². The predicted octanol–water partition coefficient (Wildman–Crippen LogP) is 1.05. The Labute approximate surface area is 140 Å². The van der Waals surface area contributed by atoms with Gasteiger partial charge >= 0.3 is 0 Å². The van der Waals surface area contributed by atoms with E-state index < -0.39 is 17.7 Å². The van der Waals surface area contributed by atoms with Gasteiger partial charge in [0.05, 0.1) is 19.3 Å². The van der Waals surface area contributed by atoms with Crippen molar-refractivity contribution in [1.29, 1.82) is 0 Å². The van der Waals surface area contributed by atoms with Crippen LogP contribution in [0.3, 0.4) is 0 Å². The standard InChI is InChI=1S/C17H24F2N2O3/c1-20(11-15(22)12-21-6-8-24-9-7-21)17(23)5-2-13-10-14(18)3-4-16(13)19/h3-4,10,15,22H,2,5-9,11-12H2,1H3. The number of amides is 1. The number of aryl methyl sites for hydroxylation is 1. The largest absolute Gasteiger partial charge is 0.390 e. The average Bonchev–Trinajstić information content (AvgIpc) is 2.56. The highest BCUT2D eigenvalue weighted by molar-refractivity contribution is 5.76. The summed E-state index contributed by atoms with van der Waals surface area (Å²) in [6.07, 6.45) is -0.448. The van der Waals surface area contributed by atoms with Gasteiger partial charge in [0.15, 0.2) is 0 Å². The fourth-order valence-corrected chi connectivity index (χ4v) is 2.72. The van der Waals surface area contributed by atoms with Gasteiger partial charge in [-0.15, -0.1) is 0 Å². The predicted molar refractivity (Wildman–Crippen MR) is 85.6 cm³/mol. The van der Waals surface area contributed by atoms with Gasteiger partial charge in [0.2, 0.25) is 5.91 Å². The van der Waals surface area contributed by atoms with Gasteiger partial charge in [0.25, 0.3) is 0 Å². The molecule has 24 heavy (non-hydrogen) atoms. The number of carbonyl (C=O) groups excluding carboxylic acids is 1. The molecule has 0 bridgehead atoms. The number of aliphatic hydroxyl groups is 1. The molecule has 0 saturated carbocycles. The molecule has 1 aromatic rings. The quantitative estimate of drug-likeness (QED) is 0.805. The SMILES string of the molecule is CN(CC(O)CN1CCOCC1)C(=O)CCc1cc(F)ccc1F. The Morgan fingerprint density at radius 2 is 2.08 bits per heavy atom. The summed E-state index contributed by atoms with van der Waals surface area (Å²) < 4.78 is 31.9. The third-order valence-electron chi connectivity index (χ3n) is 4.10. The second kappa shape index (κ2) is 9.05. The van der Waals surface area contributed by atoms with Crippen LogP contribution in [-0.2, 0) is 16.0 Å². The van der Waals surface area contributed by atoms with E-state index in [1.165, 1.54) is 4.90 Å². The molecule has 1 aliphatic heterocycles. The van der Waals surface area contributed by atoms with E-state index in [2.05, 4.69) is 4.90 Å². The fourth-order valence-electron chi connectivity index (χ4n) is 2.72. The minimum Gasteiger partial charge on any atom is -0.390 e. The number of likely N-dealkylation sites (N-methyl/N-ethyl adjacent to an activating group) is 1. The zero-order valence-corrected chi connectivity index (χ0v) is 13.9. The second-order valence-electron chi connectivity index (χ2n) is 6.08. The van der Waals surface area contributed by atoms with Crippen molar-refractivity contribution in [3.8, 4) is 0 Å². The molecular formula is C17H24F2N2O3. The first-order valence-corrected chi connectivity index (χ1v) is 8.12. The lowest BCUT2D eigenvalue weighted by Gasteiger charge is -2.30. The van der Waals surface area contributed by atoms with Gasteiger partial charge in [0.1, 0.15) is 11.6 Å². The molecule has 2 rings (SSSR count). The summed E-state index contributed by atoms with van der Waals surface area (Å²) >= 11 is 0. The van der Waals surface area contributed by atoms with Crippen molar-refractivity contribution in [2.45, 2.75) is 18.9 Å². The number of nitrogens with zero attached hydrogens (tertiary/aromatic N) is 2. The zero-order chi connectivity index (χ0) is 17.5. The lowest BCUT2D eigenvalue weighted by molar-refractivity contribution is -0.131. The van der Waals surface area contributed by atoms with E-state index in [4.69, 9.17) is 4.74 Å². The molecular weight excluding hydrogens is 318 g/mol. The van der Waals surface area contributed by atoms with Crippen LogP contribution in [0.4, 0.5) is 8.78 Å². The molecule has 0 aromatic heterocycles. The number of ether oxygens (including phenoxy) is 1. The average molecular weight is 342 g/mol. The van der Waals surface area contributed by atoms with Crippen molar-refractivity contribution in [2.75, 3.05) is 46.4 Å². The Hall–Kier alpha value is -1.57. The van der Waals surface area contributed by atoms with Crippen LogP contribution in [0.15, 0.2) is 18.2 Å². The summed E-state index contributed by atoms with van der Waals surface area (Å²) in [6.45, 7) is 3.55. The van der Waals surface area contributed by atoms with Crippen LogP contribution in [0.2, 0.25) is 0 Å². The molecule has 1 unspecified atom stereocenters. The molecule has 0 radical (unpaired) electrons. The van der Waals surface area contributed by atoms with Crippen LogP contribution < -0.4 is 0 Å². The van der Waals surface area contributed by atoms with Crippen molar-refractivity contribution in [3.05, 3.63) is 35.4 Å². The van der Waals surface area contributed by atoms with Gasteiger partial charge in [-0.1, -0.05) is 0 Å². The van der Waals surface area contributed by atoms with Crippen molar-refractivity contribution in [1.82, 2.24) is 9.80 Å². The lowest BCUT2D eigenvalue weighted by atomic mass is 10.1. The monoisotopic (exact) mass is 342 g/mol. The number of hydrogen-bond donors (Lipinski definition) is 1. The molecule has 1 N–H and O–H groups in total. The third kappa shape index (κ3) is 5.81. The van der Waals surface area contributed by atoms with Gasteiger partial charge in [-0.25, -0.2) is 8.78 Å². The van der Waals surface area contributed by atoms with E-state index in [1.54, 1.807) is 7.05 Å². The summed E-state index contributed by atoms with van der Waals surface area (Å²) in [6, 6.07) is 3.22. The Morgan fingerprint density at radius 3 is 2.79 bits per heavy atom. The summed E-state index contributed by atoms with van der Waals surface area (Å²) in [4.78, 5) is 15.6. The highest BCUT2D eigenvalue weighted by atomic mass is 19.1. The highest BCUT2D eigenvalue weighted by Crippen LogP contribution is 2.12. The van der Waals surface area contributed by atoms with Crippen molar-refractivity contribution >= 4 is 5.91 Å². The summed E-state index contributed by atoms with van der Waals surface area (Å²) in [7, 11) is 1.60. The number of aliphatic hydroxyl groups excluding tert-OH is 1. The van der Waals surface area contributed by atoms with E-state index in [-0.39, 0.29) is 30.9 Å². The molecule has 7 heteroatoms. The van der Waals surface area contributed by atoms with Crippen LogP contribution >= 0.6 is 0 Å². The van der Waals surface area contributed by atoms with Gasteiger partial charge in [-0.05, 0) is 30.2 Å². The van der Waals surface area contributed by atoms with E-state index in [0.29, 0.717) is 19.8 Å². The van der Waals surface area contributed by atoms with Crippen LogP contribution in [0, 0.1) is 11.6 Å². The minimum absolute atomic E-state index is 0.0706. The summed E-state index contributed by atoms with van der Waals surface area (Å²) in [5.41, 5.74) is 0.186. The first-order chi connectivity index (χ1) is 11.5. The van der Waals surface area contributed by atoms with Crippen molar-refractivity contribution < 1.29 is 23.4 Å². The highest BCUT2D eigenvalue weighted by Gasteiger charge is 2.18. The van der Waals surface area contributed by atoms with Crippen molar-refractivity contribution in [2.24, 2.45) is 0 Å². The topological polar surface area (TPSA) is 53.0 Å². The molecule has 1 heterocycles. The zero-order valence-electron chi connectivity index (χ0n) is 13.9. The number of benzene rings is 1. The van der Waals surface area contributed by atoms with E-state index in [9.17, 15) is 18.7 Å². The number of rotatable bonds is 7. The normalized spacial score (nSPS) is 16.8. The number of halogens is 2. The van der Waals surface area contributed by atoms with E-state index in [1.807, 2.05) is 0 Å². The Balaban J connectivity index is 1.75. The lowest BCUT2D eigenvalue weighted by Crippen LogP contribution is -2.45. The maximum atomic E-state index is 13.5. The Kier molecular flexibility index (Phi) is 7.08. The van der Waals surface area contributed by atoms with E-state index in [0.717, 1.165) is 31.3 Å². The number of hydrogen-bond acceptors (Lipinski definition) is 4.